The predicted octanol–water partition coefficient (Wildman–Crippen LogP) is 13.1. The van der Waals surface area contributed by atoms with E-state index in [9.17, 15) is 75.7 Å². The second-order valence-electron chi connectivity index (χ2n) is 32.1. The quantitative estimate of drug-likeness (QED) is 0.0252. The van der Waals surface area contributed by atoms with Crippen LogP contribution in [0.4, 0.5) is 0 Å². The molecule has 0 aromatic heterocycles. The Morgan fingerprint density at radius 2 is 0.813 bits per heavy atom. The Morgan fingerprint density at radius 3 is 1.17 bits per heavy atom. The molecule has 107 heavy (non-hydrogen) atoms. The van der Waals surface area contributed by atoms with Crippen molar-refractivity contribution in [2.24, 2.45) is 0 Å². The minimum Gasteiger partial charge on any atom is -0.477 e. The van der Waals surface area contributed by atoms with Gasteiger partial charge < -0.3 is 100 Å². The third kappa shape index (κ3) is 42.6. The number of carboxylic acids is 1. The first-order valence-electron chi connectivity index (χ1n) is 43.9. The van der Waals surface area contributed by atoms with Crippen LogP contribution >= 0.6 is 0 Å². The van der Waals surface area contributed by atoms with Gasteiger partial charge in [0.25, 0.3) is 5.79 Å². The third-order valence-electron chi connectivity index (χ3n) is 22.6. The van der Waals surface area contributed by atoms with Crippen LogP contribution in [-0.2, 0) is 42.8 Å². The zero-order valence-corrected chi connectivity index (χ0v) is 67.3. The molecule has 3 heterocycles. The van der Waals surface area contributed by atoms with Gasteiger partial charge in [0, 0.05) is 19.8 Å². The van der Waals surface area contributed by atoms with Crippen molar-refractivity contribution in [1.82, 2.24) is 10.6 Å². The van der Waals surface area contributed by atoms with Crippen LogP contribution in [-0.4, -0.2) is 215 Å². The molecule has 632 valence electrons. The molecular weight excluding hydrogens is 1370 g/mol. The van der Waals surface area contributed by atoms with Gasteiger partial charge in [-0.2, -0.15) is 0 Å². The number of hydrogen-bond donors (Lipinski definition) is 14. The number of carbonyl (C=O) groups excluding carboxylic acids is 2. The molecule has 23 heteroatoms. The number of rotatable bonds is 71. The zero-order chi connectivity index (χ0) is 78.1. The summed E-state index contributed by atoms with van der Waals surface area (Å²) in [7, 11) is 0. The fourth-order valence-electron chi connectivity index (χ4n) is 15.7. The number of carboxylic acid groups (broad SMARTS) is 1. The van der Waals surface area contributed by atoms with Gasteiger partial charge in [0.1, 0.15) is 67.1 Å². The summed E-state index contributed by atoms with van der Waals surface area (Å²) in [5, 5.41) is 137. The van der Waals surface area contributed by atoms with Crippen LogP contribution in [0, 0.1) is 0 Å². The Hall–Kier alpha value is -2.27. The van der Waals surface area contributed by atoms with Crippen molar-refractivity contribution in [2.75, 3.05) is 26.4 Å². The summed E-state index contributed by atoms with van der Waals surface area (Å²) >= 11 is 0. The summed E-state index contributed by atoms with van der Waals surface area (Å²) in [6.07, 6.45) is 39.6. The maximum atomic E-state index is 13.6. The van der Waals surface area contributed by atoms with Crippen LogP contribution in [0.25, 0.3) is 0 Å². The van der Waals surface area contributed by atoms with Crippen LogP contribution < -0.4 is 10.6 Å². The molecule has 14 N–H and O–H groups in total. The number of aliphatic hydroxyl groups is 11. The van der Waals surface area contributed by atoms with Gasteiger partial charge >= 0.3 is 5.97 Å². The van der Waals surface area contributed by atoms with E-state index in [0.29, 0.717) is 19.3 Å². The number of amides is 2. The molecular formula is C84H160N2O21. The molecule has 3 aliphatic rings. The van der Waals surface area contributed by atoms with E-state index in [0.717, 1.165) is 51.9 Å². The summed E-state index contributed by atoms with van der Waals surface area (Å²) in [5.74, 6) is -6.08. The molecule has 0 saturated carbocycles. The monoisotopic (exact) mass is 1530 g/mol. The van der Waals surface area contributed by atoms with Gasteiger partial charge in [-0.15, -0.1) is 0 Å². The van der Waals surface area contributed by atoms with E-state index in [2.05, 4.69) is 24.5 Å². The van der Waals surface area contributed by atoms with E-state index < -0.39 is 148 Å². The molecule has 18 unspecified atom stereocenters. The van der Waals surface area contributed by atoms with Gasteiger partial charge in [-0.25, -0.2) is 4.79 Å². The Bertz CT molecular complexity index is 2120. The topological polar surface area (TPSA) is 373 Å². The first kappa shape index (κ1) is 98.9. The number of aliphatic hydroxyl groups excluding tert-OH is 11. The van der Waals surface area contributed by atoms with Crippen molar-refractivity contribution in [3.8, 4) is 0 Å². The molecule has 0 aromatic rings. The van der Waals surface area contributed by atoms with Crippen LogP contribution in [0.15, 0.2) is 0 Å². The number of nitrogens with one attached hydrogen (secondary N) is 2. The van der Waals surface area contributed by atoms with Crippen molar-refractivity contribution < 1.29 is 104 Å². The van der Waals surface area contributed by atoms with Crippen molar-refractivity contribution in [1.29, 1.82) is 0 Å². The number of carbonyl (C=O) groups is 3. The summed E-state index contributed by atoms with van der Waals surface area (Å²) < 4.78 is 35.0. The fourth-order valence-corrected chi connectivity index (χ4v) is 15.7. The molecule has 0 spiro atoms. The Kier molecular flexibility index (Phi) is 58.3. The second kappa shape index (κ2) is 63.1. The van der Waals surface area contributed by atoms with Crippen LogP contribution in [0.2, 0.25) is 0 Å². The molecule has 3 fully saturated rings. The van der Waals surface area contributed by atoms with E-state index in [-0.39, 0.29) is 18.9 Å². The number of hydrogen-bond acceptors (Lipinski definition) is 20. The van der Waals surface area contributed by atoms with E-state index in [1.165, 1.54) is 283 Å². The highest BCUT2D eigenvalue weighted by atomic mass is 16.8. The van der Waals surface area contributed by atoms with Crippen molar-refractivity contribution in [3.05, 3.63) is 0 Å². The first-order chi connectivity index (χ1) is 51.9. The lowest BCUT2D eigenvalue weighted by Crippen LogP contribution is -2.70. The lowest BCUT2D eigenvalue weighted by molar-refractivity contribution is -0.386. The SMILES string of the molecule is CCCCCCCCCCCCCCCCCCCCCCCCCCCCCCCCC(=O)NC(COC1OC(CO)C(OC2OC(CO)C(O)C(OC3(C(=O)O)CC(O)C(NC(C)=O)C(C(O)C(O)CO)O3)C2O)C(O)C1O)C(O)CCCCCCCCCCCCCCCCCCCCCCCCC. The highest BCUT2D eigenvalue weighted by Crippen LogP contribution is 2.39. The van der Waals surface area contributed by atoms with E-state index >= 15 is 0 Å². The van der Waals surface area contributed by atoms with Gasteiger partial charge in [0.15, 0.2) is 12.6 Å². The van der Waals surface area contributed by atoms with Crippen LogP contribution in [0.5, 0.6) is 0 Å². The highest BCUT2D eigenvalue weighted by Gasteiger charge is 2.60. The second-order valence-corrected chi connectivity index (χ2v) is 32.1. The summed E-state index contributed by atoms with van der Waals surface area (Å²) in [5.41, 5.74) is 0. The minimum atomic E-state index is -3.08. The summed E-state index contributed by atoms with van der Waals surface area (Å²) in [4.78, 5) is 38.8. The van der Waals surface area contributed by atoms with Crippen LogP contribution in [0.3, 0.4) is 0 Å². The van der Waals surface area contributed by atoms with E-state index in [4.69, 9.17) is 28.4 Å². The summed E-state index contributed by atoms with van der Waals surface area (Å²) in [6.45, 7) is 2.29. The third-order valence-corrected chi connectivity index (χ3v) is 22.6. The number of unbranched alkanes of at least 4 members (excludes halogenated alkanes) is 51. The molecule has 3 saturated heterocycles. The standard InChI is InChI=1S/C84H160N2O21/c1-4-6-8-10-12-14-16-18-20-22-24-26-28-29-30-31-32-33-34-36-38-40-42-44-46-48-50-52-54-56-58-71(94)86-65(66(91)57-55-53-51-49-47-45-43-41-39-37-35-27-25-23-21-19-17-15-13-11-9-7-5-2)63-102-81-76(98)75(97)78(70(62-89)104-81)105-82-77(99)80(74(96)69(61-88)103-82)107-84(83(100)101)59-67(92)72(85-64(3)90)79(106-84)73(95)68(93)60-87/h65-70,72-82,87-89,91-93,95-99H,4-63H2,1-3H3,(H,85,90)(H,86,94)(H,100,101). The Balaban J connectivity index is 1.46. The maximum Gasteiger partial charge on any atom is 0.364 e. The van der Waals surface area contributed by atoms with Gasteiger partial charge in [-0.3, -0.25) is 9.59 Å². The van der Waals surface area contributed by atoms with Crippen molar-refractivity contribution >= 4 is 17.8 Å². The Morgan fingerprint density at radius 1 is 0.449 bits per heavy atom. The normalized spacial score (nSPS) is 25.9. The van der Waals surface area contributed by atoms with Gasteiger partial charge in [0.05, 0.1) is 50.7 Å². The molecule has 2 amide bonds. The molecule has 0 bridgehead atoms. The maximum absolute atomic E-state index is 13.6. The minimum absolute atomic E-state index is 0.230. The van der Waals surface area contributed by atoms with Gasteiger partial charge in [-0.1, -0.05) is 348 Å². The smallest absolute Gasteiger partial charge is 0.364 e. The van der Waals surface area contributed by atoms with Crippen molar-refractivity contribution in [3.63, 3.8) is 0 Å². The van der Waals surface area contributed by atoms with Crippen LogP contribution in [0.1, 0.15) is 380 Å². The zero-order valence-electron chi connectivity index (χ0n) is 67.3. The van der Waals surface area contributed by atoms with Gasteiger partial charge in [0.2, 0.25) is 11.8 Å². The molecule has 23 nitrogen and oxygen atoms in total. The molecule has 18 atom stereocenters. The molecule has 0 radical (unpaired) electrons. The molecule has 3 aliphatic heterocycles. The first-order valence-corrected chi connectivity index (χ1v) is 43.9. The lowest BCUT2D eigenvalue weighted by atomic mass is 9.88. The largest absolute Gasteiger partial charge is 0.477 e. The van der Waals surface area contributed by atoms with Crippen molar-refractivity contribution in [2.45, 2.75) is 490 Å². The number of aliphatic carboxylic acids is 1. The molecule has 0 aromatic carbocycles. The fraction of sp³-hybridized carbons (Fsp3) is 0.964. The average Bonchev–Trinajstić information content (AvgIpc) is 0.754. The predicted molar refractivity (Wildman–Crippen MR) is 417 cm³/mol. The number of ether oxygens (including phenoxy) is 6. The van der Waals surface area contributed by atoms with Gasteiger partial charge in [-0.05, 0) is 12.8 Å². The lowest BCUT2D eigenvalue weighted by Gasteiger charge is -2.50. The summed E-state index contributed by atoms with van der Waals surface area (Å²) in [6, 6.07) is -2.53. The highest BCUT2D eigenvalue weighted by molar-refractivity contribution is 5.77. The van der Waals surface area contributed by atoms with E-state index in [1.54, 1.807) is 0 Å². The Labute approximate surface area is 646 Å². The molecule has 0 aliphatic carbocycles. The van der Waals surface area contributed by atoms with E-state index in [1.807, 2.05) is 0 Å². The molecule has 3 rings (SSSR count). The average molecular weight is 1530 g/mol.